The third-order valence-electron chi connectivity index (χ3n) is 7.33. The van der Waals surface area contributed by atoms with Crippen LogP contribution in [0.5, 0.6) is 11.5 Å². The van der Waals surface area contributed by atoms with E-state index in [9.17, 15) is 19.2 Å². The molecule has 2 aromatic rings. The van der Waals surface area contributed by atoms with Crippen molar-refractivity contribution in [1.29, 1.82) is 0 Å². The molecule has 2 N–H and O–H groups in total. The van der Waals surface area contributed by atoms with Crippen LogP contribution < -0.4 is 20.1 Å². The van der Waals surface area contributed by atoms with Crippen molar-refractivity contribution in [3.63, 3.8) is 0 Å². The molecule has 0 radical (unpaired) electrons. The second-order valence-electron chi connectivity index (χ2n) is 11.2. The predicted octanol–water partition coefficient (Wildman–Crippen LogP) is 7.61. The summed E-state index contributed by atoms with van der Waals surface area (Å²) in [5.41, 5.74) is 0.538. The van der Waals surface area contributed by atoms with Gasteiger partial charge in [-0.15, -0.1) is 0 Å². The van der Waals surface area contributed by atoms with Crippen molar-refractivity contribution in [2.24, 2.45) is 0 Å². The van der Waals surface area contributed by atoms with Crippen LogP contribution in [0.25, 0.3) is 0 Å². The van der Waals surface area contributed by atoms with E-state index in [4.69, 9.17) is 18.9 Å². The van der Waals surface area contributed by atoms with E-state index >= 15 is 0 Å². The molecule has 0 heterocycles. The Morgan fingerprint density at radius 3 is 1.93 bits per heavy atom. The van der Waals surface area contributed by atoms with Gasteiger partial charge in [-0.05, 0) is 43.7 Å². The fourth-order valence-electron chi connectivity index (χ4n) is 4.85. The summed E-state index contributed by atoms with van der Waals surface area (Å²) in [6.07, 6.45) is 14.5. The van der Waals surface area contributed by atoms with Crippen molar-refractivity contribution >= 4 is 35.1 Å². The van der Waals surface area contributed by atoms with Crippen molar-refractivity contribution in [2.75, 3.05) is 31.0 Å². The largest absolute Gasteiger partial charge is 0.480 e. The number of anilines is 2. The highest BCUT2D eigenvalue weighted by Crippen LogP contribution is 2.29. The molecule has 1 atom stereocenters. The van der Waals surface area contributed by atoms with Crippen LogP contribution in [0.4, 0.5) is 11.4 Å². The lowest BCUT2D eigenvalue weighted by atomic mass is 10.0. The van der Waals surface area contributed by atoms with Gasteiger partial charge in [-0.3, -0.25) is 9.59 Å². The van der Waals surface area contributed by atoms with E-state index in [1.54, 1.807) is 37.3 Å². The minimum Gasteiger partial charge on any atom is -0.480 e. The van der Waals surface area contributed by atoms with Crippen LogP contribution in [0, 0.1) is 0 Å². The van der Waals surface area contributed by atoms with Gasteiger partial charge >= 0.3 is 11.9 Å². The van der Waals surface area contributed by atoms with Crippen LogP contribution in [0.2, 0.25) is 0 Å². The maximum absolute atomic E-state index is 13.1. The van der Waals surface area contributed by atoms with Crippen LogP contribution in [0.3, 0.4) is 0 Å². The van der Waals surface area contributed by atoms with Gasteiger partial charge in [0.05, 0.1) is 19.4 Å². The fraction of sp³-hybridized carbons (Fsp3) is 0.556. The predicted molar refractivity (Wildman–Crippen MR) is 179 cm³/mol. The number of hydrogen-bond donors (Lipinski definition) is 2. The van der Waals surface area contributed by atoms with Gasteiger partial charge < -0.3 is 29.6 Å². The van der Waals surface area contributed by atoms with Gasteiger partial charge in [0.2, 0.25) is 5.91 Å². The molecule has 10 nitrogen and oxygen atoms in total. The number of amides is 2. The summed E-state index contributed by atoms with van der Waals surface area (Å²) in [4.78, 5) is 50.1. The summed E-state index contributed by atoms with van der Waals surface area (Å²) in [6, 6.07) is 13.0. The number of carbonyl (C=O) groups is 4. The lowest BCUT2D eigenvalue weighted by molar-refractivity contribution is -0.152. The number of para-hydroxylation sites is 1. The van der Waals surface area contributed by atoms with Crippen LogP contribution in [-0.4, -0.2) is 50.2 Å². The first-order valence-corrected chi connectivity index (χ1v) is 16.7. The van der Waals surface area contributed by atoms with Crippen LogP contribution in [0.1, 0.15) is 104 Å². The third-order valence-corrected chi connectivity index (χ3v) is 7.33. The molecule has 2 rings (SSSR count). The van der Waals surface area contributed by atoms with E-state index in [1.165, 1.54) is 82.4 Å². The van der Waals surface area contributed by atoms with Crippen molar-refractivity contribution in [2.45, 2.75) is 110 Å². The van der Waals surface area contributed by atoms with E-state index in [2.05, 4.69) is 17.6 Å². The minimum atomic E-state index is -1.57. The molecule has 0 bridgehead atoms. The Morgan fingerprint density at radius 2 is 1.35 bits per heavy atom. The lowest BCUT2D eigenvalue weighted by Crippen LogP contribution is -2.40. The van der Waals surface area contributed by atoms with Crippen molar-refractivity contribution < 1.29 is 38.1 Å². The molecule has 0 saturated heterocycles. The second kappa shape index (κ2) is 23.3. The Morgan fingerprint density at radius 1 is 0.739 bits per heavy atom. The summed E-state index contributed by atoms with van der Waals surface area (Å²) in [7, 11) is 1.16. The number of ether oxygens (including phenoxy) is 4. The molecule has 0 aliphatic carbocycles. The van der Waals surface area contributed by atoms with Crippen molar-refractivity contribution in [3.8, 4) is 11.5 Å². The molecule has 2 aromatic carbocycles. The molecule has 0 aliphatic rings. The van der Waals surface area contributed by atoms with E-state index in [0.717, 1.165) is 26.4 Å². The maximum atomic E-state index is 13.1. The third kappa shape index (κ3) is 15.8. The summed E-state index contributed by atoms with van der Waals surface area (Å²) >= 11 is 0. The zero-order valence-electron chi connectivity index (χ0n) is 27.8. The van der Waals surface area contributed by atoms with Crippen LogP contribution >= 0.6 is 0 Å². The first kappa shape index (κ1) is 38.1. The summed E-state index contributed by atoms with van der Waals surface area (Å²) in [6.45, 7) is 3.80. The molecule has 0 aromatic heterocycles. The van der Waals surface area contributed by atoms with Gasteiger partial charge in [0.1, 0.15) is 11.5 Å². The molecule has 1 unspecified atom stereocenters. The Balaban J connectivity index is 1.91. The molecular weight excluding hydrogens is 588 g/mol. The number of carbonyl (C=O) groups excluding carboxylic acids is 4. The number of nitrogens with one attached hydrogen (secondary N) is 2. The number of unbranched alkanes of at least 4 members (excludes halogenated alkanes) is 12. The highest BCUT2D eigenvalue weighted by atomic mass is 16.6. The molecule has 10 heteroatoms. The molecule has 0 saturated carbocycles. The zero-order chi connectivity index (χ0) is 33.4. The summed E-state index contributed by atoms with van der Waals surface area (Å²) < 4.78 is 20.9. The Bertz CT molecular complexity index is 1190. The van der Waals surface area contributed by atoms with Crippen LogP contribution in [0.15, 0.2) is 48.5 Å². The Hall–Kier alpha value is -4.08. The second-order valence-corrected chi connectivity index (χ2v) is 11.2. The highest BCUT2D eigenvalue weighted by Gasteiger charge is 2.30. The molecule has 0 spiro atoms. The first-order chi connectivity index (χ1) is 22.4. The van der Waals surface area contributed by atoms with E-state index in [0.29, 0.717) is 12.2 Å². The number of methoxy groups -OCH3 is 1. The minimum absolute atomic E-state index is 0.211. The monoisotopic (exact) mass is 640 g/mol. The van der Waals surface area contributed by atoms with E-state index < -0.39 is 23.9 Å². The number of benzene rings is 2. The number of esters is 2. The van der Waals surface area contributed by atoms with Crippen LogP contribution in [-0.2, 0) is 28.7 Å². The van der Waals surface area contributed by atoms with E-state index in [1.807, 2.05) is 0 Å². The Labute approximate surface area is 273 Å². The summed E-state index contributed by atoms with van der Waals surface area (Å²) in [5, 5.41) is 5.47. The maximum Gasteiger partial charge on any atom is 0.357 e. The molecular formula is C36H52N2O8. The Kier molecular flexibility index (Phi) is 19.3. The van der Waals surface area contributed by atoms with Crippen molar-refractivity contribution in [3.05, 3.63) is 48.5 Å². The SMILES string of the molecule is CCCCCCCCCCCCCCCC(=O)Nc1cc(NC(=O)C(Oc2ccccc2)C(=O)OC)ccc1OCC(=O)OCC. The number of hydrogen-bond acceptors (Lipinski definition) is 8. The van der Waals surface area contributed by atoms with Crippen molar-refractivity contribution in [1.82, 2.24) is 0 Å². The van der Waals surface area contributed by atoms with Gasteiger partial charge in [-0.1, -0.05) is 102 Å². The molecule has 0 aliphatic heterocycles. The first-order valence-electron chi connectivity index (χ1n) is 16.7. The molecule has 0 fully saturated rings. The molecule has 254 valence electrons. The quantitative estimate of drug-likeness (QED) is 0.0682. The zero-order valence-corrected chi connectivity index (χ0v) is 27.8. The van der Waals surface area contributed by atoms with E-state index in [-0.39, 0.29) is 36.2 Å². The highest BCUT2D eigenvalue weighted by molar-refractivity contribution is 6.08. The lowest BCUT2D eigenvalue weighted by Gasteiger charge is -2.18. The standard InChI is InChI=1S/C36H52N2O8/c1-4-6-7-8-9-10-11-12-13-14-15-16-20-23-32(39)38-30-26-28(24-25-31(30)45-27-33(40)44-5-2)37-35(41)34(36(42)43-3)46-29-21-18-17-19-22-29/h17-19,21-22,24-26,34H,4-16,20,23,27H2,1-3H3,(H,37,41)(H,38,39). The average molecular weight is 641 g/mol. The topological polar surface area (TPSA) is 129 Å². The normalized spacial score (nSPS) is 11.3. The van der Waals surface area contributed by atoms with Gasteiger partial charge in [0.15, 0.2) is 6.61 Å². The summed E-state index contributed by atoms with van der Waals surface area (Å²) in [5.74, 6) is -1.86. The smallest absolute Gasteiger partial charge is 0.357 e. The van der Waals surface area contributed by atoms with Gasteiger partial charge in [-0.2, -0.15) is 0 Å². The molecule has 2 amide bonds. The number of rotatable bonds is 24. The average Bonchev–Trinajstić information content (AvgIpc) is 3.05. The molecule has 46 heavy (non-hydrogen) atoms. The van der Waals surface area contributed by atoms with Gasteiger partial charge in [-0.25, -0.2) is 9.59 Å². The fourth-order valence-corrected chi connectivity index (χ4v) is 4.85. The van der Waals surface area contributed by atoms with Gasteiger partial charge in [0.25, 0.3) is 12.0 Å². The van der Waals surface area contributed by atoms with Gasteiger partial charge in [0, 0.05) is 12.1 Å².